The summed E-state index contributed by atoms with van der Waals surface area (Å²) in [7, 11) is 0. The molecule has 1 heterocycles. The Hall–Kier alpha value is -3.07. The van der Waals surface area contributed by atoms with Crippen molar-refractivity contribution in [2.24, 2.45) is 0 Å². The number of rotatable bonds is 4. The number of aromatic nitrogens is 2. The Kier molecular flexibility index (Phi) is 5.31. The zero-order valence-corrected chi connectivity index (χ0v) is 15.7. The Morgan fingerprint density at radius 3 is 2.70 bits per heavy atom. The van der Waals surface area contributed by atoms with Gasteiger partial charge in [-0.05, 0) is 36.4 Å². The van der Waals surface area contributed by atoms with Gasteiger partial charge in [-0.1, -0.05) is 15.9 Å². The van der Waals surface area contributed by atoms with E-state index in [1.54, 1.807) is 18.2 Å². The molecule has 0 aliphatic rings. The van der Waals surface area contributed by atoms with Gasteiger partial charge in [0, 0.05) is 17.1 Å². The highest BCUT2D eigenvalue weighted by Crippen LogP contribution is 2.20. The van der Waals surface area contributed by atoms with Crippen molar-refractivity contribution < 1.29 is 14.0 Å². The third kappa shape index (κ3) is 4.37. The van der Waals surface area contributed by atoms with Gasteiger partial charge in [-0.2, -0.15) is 0 Å². The van der Waals surface area contributed by atoms with Crippen LogP contribution in [0.4, 0.5) is 15.8 Å². The first kappa shape index (κ1) is 18.7. The highest BCUT2D eigenvalue weighted by Gasteiger charge is 2.12. The summed E-state index contributed by atoms with van der Waals surface area (Å²) in [5.41, 5.74) is 0.363. The first-order valence-corrected chi connectivity index (χ1v) is 8.64. The van der Waals surface area contributed by atoms with Crippen LogP contribution in [0.25, 0.3) is 10.9 Å². The molecule has 0 fully saturated rings. The molecular formula is C18H14BrFN4O3. The van der Waals surface area contributed by atoms with E-state index in [0.29, 0.717) is 21.1 Å². The van der Waals surface area contributed by atoms with Crippen LogP contribution in [0.15, 0.2) is 52.0 Å². The molecule has 27 heavy (non-hydrogen) atoms. The van der Waals surface area contributed by atoms with Crippen LogP contribution in [-0.4, -0.2) is 21.4 Å². The maximum absolute atomic E-state index is 13.9. The van der Waals surface area contributed by atoms with Crippen LogP contribution in [0, 0.1) is 5.82 Å². The minimum absolute atomic E-state index is 0.101. The number of anilines is 2. The molecule has 2 N–H and O–H groups in total. The molecule has 0 aliphatic heterocycles. The highest BCUT2D eigenvalue weighted by molar-refractivity contribution is 9.10. The Morgan fingerprint density at radius 1 is 1.19 bits per heavy atom. The Bertz CT molecular complexity index is 1110. The molecule has 0 saturated carbocycles. The molecule has 9 heteroatoms. The molecule has 2 aromatic carbocycles. The first-order valence-electron chi connectivity index (χ1n) is 7.85. The van der Waals surface area contributed by atoms with Crippen LogP contribution < -0.4 is 16.2 Å². The first-order chi connectivity index (χ1) is 12.8. The monoisotopic (exact) mass is 432 g/mol. The fourth-order valence-electron chi connectivity index (χ4n) is 2.49. The van der Waals surface area contributed by atoms with Crippen LogP contribution >= 0.6 is 15.9 Å². The zero-order valence-electron chi connectivity index (χ0n) is 14.1. The molecule has 1 aromatic heterocycles. The SMILES string of the molecule is CC(=O)Nc1ccc(F)c(NC(=O)Cn2cnc3ccc(Br)cc3c2=O)c1. The Labute approximate surface area is 161 Å². The van der Waals surface area contributed by atoms with Gasteiger partial charge in [0.1, 0.15) is 12.4 Å². The number of benzene rings is 2. The van der Waals surface area contributed by atoms with Gasteiger partial charge in [-0.3, -0.25) is 19.0 Å². The third-order valence-corrected chi connectivity index (χ3v) is 4.15. The number of hydrogen-bond acceptors (Lipinski definition) is 4. The molecule has 2 amide bonds. The zero-order chi connectivity index (χ0) is 19.6. The van der Waals surface area contributed by atoms with Crippen LogP contribution in [0.2, 0.25) is 0 Å². The Balaban J connectivity index is 1.82. The maximum atomic E-state index is 13.9. The van der Waals surface area contributed by atoms with E-state index >= 15 is 0 Å². The van der Waals surface area contributed by atoms with E-state index in [2.05, 4.69) is 31.5 Å². The van der Waals surface area contributed by atoms with Crippen molar-refractivity contribution in [3.63, 3.8) is 0 Å². The summed E-state index contributed by atoms with van der Waals surface area (Å²) in [5.74, 6) is -1.59. The smallest absolute Gasteiger partial charge is 0.261 e. The van der Waals surface area contributed by atoms with Gasteiger partial charge in [0.2, 0.25) is 11.8 Å². The van der Waals surface area contributed by atoms with E-state index < -0.39 is 11.7 Å². The normalized spacial score (nSPS) is 10.6. The molecular weight excluding hydrogens is 419 g/mol. The summed E-state index contributed by atoms with van der Waals surface area (Å²) < 4.78 is 15.8. The molecule has 0 aliphatic carbocycles. The quantitative estimate of drug-likeness (QED) is 0.662. The minimum atomic E-state index is -0.662. The summed E-state index contributed by atoms with van der Waals surface area (Å²) in [4.78, 5) is 40.0. The largest absolute Gasteiger partial charge is 0.326 e. The summed E-state index contributed by atoms with van der Waals surface area (Å²) in [6, 6.07) is 8.87. The molecule has 0 radical (unpaired) electrons. The lowest BCUT2D eigenvalue weighted by Crippen LogP contribution is -2.28. The fraction of sp³-hybridized carbons (Fsp3) is 0.111. The van der Waals surface area contributed by atoms with Crippen molar-refractivity contribution in [3.05, 3.63) is 63.4 Å². The lowest BCUT2D eigenvalue weighted by Gasteiger charge is -2.10. The van der Waals surface area contributed by atoms with Gasteiger partial charge >= 0.3 is 0 Å². The van der Waals surface area contributed by atoms with Crippen molar-refractivity contribution in [3.8, 4) is 0 Å². The second-order valence-electron chi connectivity index (χ2n) is 5.76. The molecule has 7 nitrogen and oxygen atoms in total. The predicted molar refractivity (Wildman–Crippen MR) is 103 cm³/mol. The van der Waals surface area contributed by atoms with E-state index in [0.717, 1.165) is 10.6 Å². The number of nitrogens with one attached hydrogen (secondary N) is 2. The second-order valence-corrected chi connectivity index (χ2v) is 6.68. The molecule has 138 valence electrons. The number of carbonyl (C=O) groups is 2. The summed E-state index contributed by atoms with van der Waals surface area (Å²) in [6.45, 7) is 0.983. The average Bonchev–Trinajstić information content (AvgIpc) is 2.60. The van der Waals surface area contributed by atoms with E-state index in [1.165, 1.54) is 25.4 Å². The standard InChI is InChI=1S/C18H14BrFN4O3/c1-10(25)22-12-3-4-14(20)16(7-12)23-17(26)8-24-9-21-15-5-2-11(19)6-13(15)18(24)27/h2-7,9H,8H2,1H3,(H,22,25)(H,23,26). The predicted octanol–water partition coefficient (Wildman–Crippen LogP) is 2.90. The fourth-order valence-corrected chi connectivity index (χ4v) is 2.85. The molecule has 0 bridgehead atoms. The summed E-state index contributed by atoms with van der Waals surface area (Å²) in [6.07, 6.45) is 1.27. The minimum Gasteiger partial charge on any atom is -0.326 e. The number of nitrogens with zero attached hydrogens (tertiary/aromatic N) is 2. The van der Waals surface area contributed by atoms with Crippen LogP contribution in [0.3, 0.4) is 0 Å². The van der Waals surface area contributed by atoms with E-state index in [4.69, 9.17) is 0 Å². The number of halogens is 2. The number of hydrogen-bond donors (Lipinski definition) is 2. The van der Waals surface area contributed by atoms with Gasteiger partial charge in [0.25, 0.3) is 5.56 Å². The summed E-state index contributed by atoms with van der Waals surface area (Å²) >= 11 is 3.29. The van der Waals surface area contributed by atoms with E-state index in [1.807, 2.05) is 0 Å². The van der Waals surface area contributed by atoms with E-state index in [-0.39, 0.29) is 23.7 Å². The Morgan fingerprint density at radius 2 is 1.96 bits per heavy atom. The molecule has 3 rings (SSSR count). The lowest BCUT2D eigenvalue weighted by molar-refractivity contribution is -0.117. The van der Waals surface area contributed by atoms with Gasteiger partial charge in [0.15, 0.2) is 0 Å². The van der Waals surface area contributed by atoms with Crippen molar-refractivity contribution >= 4 is 50.0 Å². The second kappa shape index (κ2) is 7.67. The molecule has 0 atom stereocenters. The van der Waals surface area contributed by atoms with Crippen LogP contribution in [0.5, 0.6) is 0 Å². The summed E-state index contributed by atoms with van der Waals surface area (Å²) in [5, 5.41) is 5.26. The topological polar surface area (TPSA) is 93.1 Å². The van der Waals surface area contributed by atoms with Crippen LogP contribution in [0.1, 0.15) is 6.92 Å². The highest BCUT2D eigenvalue weighted by atomic mass is 79.9. The molecule has 0 unspecified atom stereocenters. The van der Waals surface area contributed by atoms with Crippen molar-refractivity contribution in [2.45, 2.75) is 13.5 Å². The number of amides is 2. The molecule has 0 spiro atoms. The number of fused-ring (bicyclic) bond motifs is 1. The van der Waals surface area contributed by atoms with E-state index in [9.17, 15) is 18.8 Å². The van der Waals surface area contributed by atoms with Gasteiger partial charge in [-0.15, -0.1) is 0 Å². The van der Waals surface area contributed by atoms with Crippen molar-refractivity contribution in [1.29, 1.82) is 0 Å². The van der Waals surface area contributed by atoms with Gasteiger partial charge in [0.05, 0.1) is 22.9 Å². The lowest BCUT2D eigenvalue weighted by atomic mass is 10.2. The van der Waals surface area contributed by atoms with Crippen molar-refractivity contribution in [2.75, 3.05) is 10.6 Å². The average molecular weight is 433 g/mol. The molecule has 3 aromatic rings. The van der Waals surface area contributed by atoms with Crippen molar-refractivity contribution in [1.82, 2.24) is 9.55 Å². The van der Waals surface area contributed by atoms with Gasteiger partial charge < -0.3 is 10.6 Å². The maximum Gasteiger partial charge on any atom is 0.261 e. The number of carbonyl (C=O) groups excluding carboxylic acids is 2. The van der Waals surface area contributed by atoms with Crippen LogP contribution in [-0.2, 0) is 16.1 Å². The van der Waals surface area contributed by atoms with Gasteiger partial charge in [-0.25, -0.2) is 9.37 Å². The third-order valence-electron chi connectivity index (χ3n) is 3.66. The molecule has 0 saturated heterocycles.